The van der Waals surface area contributed by atoms with Crippen LogP contribution in [0.15, 0.2) is 30.3 Å². The van der Waals surface area contributed by atoms with Gasteiger partial charge in [-0.3, -0.25) is 4.79 Å². The number of hydrogen-bond donors (Lipinski definition) is 1. The van der Waals surface area contributed by atoms with Gasteiger partial charge in [-0.1, -0.05) is 25.5 Å². The maximum atomic E-state index is 12.2. The Bertz CT molecular complexity index is 866. The third kappa shape index (κ3) is 4.12. The van der Waals surface area contributed by atoms with Crippen LogP contribution in [0, 0.1) is 17.2 Å². The van der Waals surface area contributed by atoms with Crippen molar-refractivity contribution in [2.24, 2.45) is 5.92 Å². The Kier molecular flexibility index (Phi) is 5.69. The lowest BCUT2D eigenvalue weighted by Crippen LogP contribution is -2.21. The molecule has 5 nitrogen and oxygen atoms in total. The van der Waals surface area contributed by atoms with E-state index in [1.54, 1.807) is 24.3 Å². The van der Waals surface area contributed by atoms with Gasteiger partial charge in [-0.05, 0) is 48.9 Å². The zero-order chi connectivity index (χ0) is 18.5. The molecule has 1 aliphatic rings. The Morgan fingerprint density at radius 3 is 2.96 bits per heavy atom. The van der Waals surface area contributed by atoms with Crippen LogP contribution in [-0.2, 0) is 22.4 Å². The van der Waals surface area contributed by atoms with Crippen molar-refractivity contribution in [3.63, 3.8) is 0 Å². The summed E-state index contributed by atoms with van der Waals surface area (Å²) < 4.78 is 5.14. The van der Waals surface area contributed by atoms with Gasteiger partial charge in [0.1, 0.15) is 10.9 Å². The smallest absolute Gasteiger partial charge is 0.348 e. The molecule has 1 aromatic heterocycles. The lowest BCUT2D eigenvalue weighted by molar-refractivity contribution is -0.119. The number of anilines is 1. The van der Waals surface area contributed by atoms with E-state index in [4.69, 9.17) is 10.00 Å². The molecule has 6 heteroatoms. The summed E-state index contributed by atoms with van der Waals surface area (Å²) in [5.41, 5.74) is 2.02. The van der Waals surface area contributed by atoms with Crippen molar-refractivity contribution in [1.82, 2.24) is 0 Å². The highest BCUT2D eigenvalue weighted by Crippen LogP contribution is 2.33. The van der Waals surface area contributed by atoms with Crippen LogP contribution in [0.5, 0.6) is 0 Å². The van der Waals surface area contributed by atoms with E-state index in [9.17, 15) is 9.59 Å². The van der Waals surface area contributed by atoms with Gasteiger partial charge >= 0.3 is 5.97 Å². The fourth-order valence-electron chi connectivity index (χ4n) is 3.13. The van der Waals surface area contributed by atoms with Gasteiger partial charge < -0.3 is 10.1 Å². The lowest BCUT2D eigenvalue weighted by atomic mass is 9.87. The van der Waals surface area contributed by atoms with Crippen LogP contribution in [0.1, 0.15) is 45.4 Å². The highest BCUT2D eigenvalue weighted by molar-refractivity contribution is 7.14. The summed E-state index contributed by atoms with van der Waals surface area (Å²) in [6, 6.07) is 10.6. The van der Waals surface area contributed by atoms with Gasteiger partial charge in [0.2, 0.25) is 0 Å². The molecule has 0 radical (unpaired) electrons. The molecule has 0 spiro atoms. The second-order valence-corrected chi connectivity index (χ2v) is 7.49. The van der Waals surface area contributed by atoms with E-state index in [1.807, 2.05) is 12.1 Å². The van der Waals surface area contributed by atoms with Crippen LogP contribution in [-0.4, -0.2) is 18.5 Å². The quantitative estimate of drug-likeness (QED) is 0.811. The van der Waals surface area contributed by atoms with E-state index in [1.165, 1.54) is 28.2 Å². The third-order valence-electron chi connectivity index (χ3n) is 4.62. The number of ether oxygens (including phenoxy) is 1. The number of carbonyl (C=O) groups excluding carboxylic acids is 2. The number of benzene rings is 1. The average Bonchev–Trinajstić information content (AvgIpc) is 3.09. The second-order valence-electron chi connectivity index (χ2n) is 6.36. The maximum absolute atomic E-state index is 12.2. The molecule has 26 heavy (non-hydrogen) atoms. The normalized spacial score (nSPS) is 15.6. The van der Waals surface area contributed by atoms with Crippen LogP contribution in [0.2, 0.25) is 0 Å². The molecule has 0 saturated heterocycles. The molecule has 2 aromatic rings. The summed E-state index contributed by atoms with van der Waals surface area (Å²) in [6.07, 6.45) is 4.34. The standard InChI is InChI=1S/C20H20N2O3S/c1-2-13-7-8-17-15(9-13)10-18(26-17)20(24)25-12-19(23)22-16-6-4-3-5-14(16)11-21/h3-6,10,13H,2,7-9,12H2,1H3,(H,22,23)/t13-/m1/s1. The zero-order valence-electron chi connectivity index (χ0n) is 14.6. The fraction of sp³-hybridized carbons (Fsp3) is 0.350. The molecule has 3 rings (SSSR count). The van der Waals surface area contributed by atoms with Gasteiger partial charge in [0.15, 0.2) is 6.61 Å². The van der Waals surface area contributed by atoms with Crippen molar-refractivity contribution in [2.75, 3.05) is 11.9 Å². The van der Waals surface area contributed by atoms with Gasteiger partial charge in [-0.2, -0.15) is 5.26 Å². The van der Waals surface area contributed by atoms with E-state index >= 15 is 0 Å². The largest absolute Gasteiger partial charge is 0.451 e. The number of fused-ring (bicyclic) bond motifs is 1. The summed E-state index contributed by atoms with van der Waals surface area (Å²) in [6.45, 7) is 1.82. The van der Waals surface area contributed by atoms with Gasteiger partial charge in [-0.25, -0.2) is 4.79 Å². The van der Waals surface area contributed by atoms with Crippen molar-refractivity contribution >= 4 is 28.9 Å². The lowest BCUT2D eigenvalue weighted by Gasteiger charge is -2.19. The molecular formula is C20H20N2O3S. The predicted molar refractivity (Wildman–Crippen MR) is 100 cm³/mol. The fourth-order valence-corrected chi connectivity index (χ4v) is 4.23. The third-order valence-corrected chi connectivity index (χ3v) is 5.84. The minimum Gasteiger partial charge on any atom is -0.451 e. The number of nitrogens with zero attached hydrogens (tertiary/aromatic N) is 1. The van der Waals surface area contributed by atoms with E-state index in [-0.39, 0.29) is 6.61 Å². The first-order valence-electron chi connectivity index (χ1n) is 8.68. The molecule has 1 aromatic carbocycles. The molecule has 1 aliphatic carbocycles. The molecule has 1 N–H and O–H groups in total. The van der Waals surface area contributed by atoms with Crippen LogP contribution in [0.3, 0.4) is 0 Å². The SMILES string of the molecule is CC[C@@H]1CCc2sc(C(=O)OCC(=O)Nc3ccccc3C#N)cc2C1. The number of nitriles is 1. The Morgan fingerprint density at radius 1 is 1.38 bits per heavy atom. The summed E-state index contributed by atoms with van der Waals surface area (Å²) in [4.78, 5) is 26.1. The number of aryl methyl sites for hydroxylation is 1. The Hall–Kier alpha value is -2.65. The number of carbonyl (C=O) groups is 2. The van der Waals surface area contributed by atoms with Crippen molar-refractivity contribution in [3.05, 3.63) is 51.2 Å². The minimum absolute atomic E-state index is 0.364. The molecule has 0 fully saturated rings. The summed E-state index contributed by atoms with van der Waals surface area (Å²) in [5, 5.41) is 11.6. The van der Waals surface area contributed by atoms with Gasteiger partial charge in [-0.15, -0.1) is 11.3 Å². The average molecular weight is 368 g/mol. The van der Waals surface area contributed by atoms with Crippen molar-refractivity contribution in [3.8, 4) is 6.07 Å². The van der Waals surface area contributed by atoms with Crippen molar-refractivity contribution in [1.29, 1.82) is 5.26 Å². The number of rotatable bonds is 5. The number of nitrogens with one attached hydrogen (secondary N) is 1. The summed E-state index contributed by atoms with van der Waals surface area (Å²) >= 11 is 1.47. The van der Waals surface area contributed by atoms with E-state index in [0.29, 0.717) is 22.0 Å². The molecule has 1 heterocycles. The van der Waals surface area contributed by atoms with Crippen LogP contribution in [0.4, 0.5) is 5.69 Å². The van der Waals surface area contributed by atoms with E-state index in [2.05, 4.69) is 12.2 Å². The molecule has 0 unspecified atom stereocenters. The van der Waals surface area contributed by atoms with Crippen LogP contribution < -0.4 is 5.32 Å². The second kappa shape index (κ2) is 8.15. The molecule has 1 amide bonds. The molecular weight excluding hydrogens is 348 g/mol. The van der Waals surface area contributed by atoms with E-state index < -0.39 is 11.9 Å². The Labute approximate surface area is 156 Å². The topological polar surface area (TPSA) is 79.2 Å². The summed E-state index contributed by atoms with van der Waals surface area (Å²) in [5.74, 6) is -0.249. The zero-order valence-corrected chi connectivity index (χ0v) is 15.4. The highest BCUT2D eigenvalue weighted by Gasteiger charge is 2.23. The number of esters is 1. The van der Waals surface area contributed by atoms with Crippen molar-refractivity contribution in [2.45, 2.75) is 32.6 Å². The van der Waals surface area contributed by atoms with Crippen LogP contribution in [0.25, 0.3) is 0 Å². The minimum atomic E-state index is -0.471. The number of thiophene rings is 1. The first-order chi connectivity index (χ1) is 12.6. The Balaban J connectivity index is 1.57. The molecule has 0 aliphatic heterocycles. The van der Waals surface area contributed by atoms with Gasteiger partial charge in [0, 0.05) is 4.88 Å². The number of hydrogen-bond acceptors (Lipinski definition) is 5. The maximum Gasteiger partial charge on any atom is 0.348 e. The van der Waals surface area contributed by atoms with Crippen LogP contribution >= 0.6 is 11.3 Å². The Morgan fingerprint density at radius 2 is 2.19 bits per heavy atom. The molecule has 0 saturated carbocycles. The first kappa shape index (κ1) is 18.2. The number of amides is 1. The summed E-state index contributed by atoms with van der Waals surface area (Å²) in [7, 11) is 0. The van der Waals surface area contributed by atoms with Crippen molar-refractivity contribution < 1.29 is 14.3 Å². The van der Waals surface area contributed by atoms with Gasteiger partial charge in [0.25, 0.3) is 5.91 Å². The van der Waals surface area contributed by atoms with E-state index in [0.717, 1.165) is 19.3 Å². The molecule has 134 valence electrons. The van der Waals surface area contributed by atoms with Gasteiger partial charge in [0.05, 0.1) is 11.3 Å². The number of para-hydroxylation sites is 1. The molecule has 0 bridgehead atoms. The first-order valence-corrected chi connectivity index (χ1v) is 9.50. The monoisotopic (exact) mass is 368 g/mol. The predicted octanol–water partition coefficient (Wildman–Crippen LogP) is 3.93. The molecule has 1 atom stereocenters. The highest BCUT2D eigenvalue weighted by atomic mass is 32.1.